The van der Waals surface area contributed by atoms with Gasteiger partial charge in [0.25, 0.3) is 0 Å². The van der Waals surface area contributed by atoms with Crippen molar-refractivity contribution < 1.29 is 42.3 Å². The summed E-state index contributed by atoms with van der Waals surface area (Å²) >= 11 is 7.04. The molecule has 5 atom stereocenters. The summed E-state index contributed by atoms with van der Waals surface area (Å²) in [5.74, 6) is 1.43. The molecule has 2 aliphatic heterocycles. The topological polar surface area (TPSA) is 73.8 Å². The molecule has 0 N–H and O–H groups in total. The van der Waals surface area contributed by atoms with Gasteiger partial charge in [0.15, 0.2) is 5.67 Å². The maximum Gasteiger partial charge on any atom is 0.157 e. The minimum atomic E-state index is -1.28. The van der Waals surface area contributed by atoms with E-state index in [2.05, 4.69) is 45.9 Å². The van der Waals surface area contributed by atoms with E-state index in [4.69, 9.17) is 49.5 Å². The summed E-state index contributed by atoms with van der Waals surface area (Å²) in [6.45, 7) is 14.6. The van der Waals surface area contributed by atoms with Crippen LogP contribution in [0.5, 0.6) is 11.5 Å². The van der Waals surface area contributed by atoms with Crippen molar-refractivity contribution in [3.63, 3.8) is 0 Å². The van der Waals surface area contributed by atoms with Crippen LogP contribution in [0.2, 0.25) is 5.02 Å². The van der Waals surface area contributed by atoms with Crippen LogP contribution in [-0.4, -0.2) is 89.5 Å². The quantitative estimate of drug-likeness (QED) is 0.0833. The molecule has 0 unspecified atom stereocenters. The summed E-state index contributed by atoms with van der Waals surface area (Å²) in [5, 5.41) is 0.585. The lowest BCUT2D eigenvalue weighted by Gasteiger charge is -2.46. The second-order valence-corrected chi connectivity index (χ2v) is 14.8. The molecule has 53 heavy (non-hydrogen) atoms. The summed E-state index contributed by atoms with van der Waals surface area (Å²) in [6, 6.07) is 12.1. The molecule has 0 saturated carbocycles. The van der Waals surface area contributed by atoms with Crippen LogP contribution in [0.15, 0.2) is 36.4 Å². The fourth-order valence-corrected chi connectivity index (χ4v) is 6.86. The molecule has 0 radical (unpaired) electrons. The second-order valence-electron chi connectivity index (χ2n) is 14.4. The van der Waals surface area contributed by atoms with E-state index in [-0.39, 0.29) is 19.3 Å². The number of ether oxygens (including phenoxy) is 8. The van der Waals surface area contributed by atoms with Crippen LogP contribution in [0.4, 0.5) is 4.39 Å². The molecule has 300 valence electrons. The van der Waals surface area contributed by atoms with Gasteiger partial charge >= 0.3 is 0 Å². The Morgan fingerprint density at radius 2 is 1.36 bits per heavy atom. The lowest BCUT2D eigenvalue weighted by molar-refractivity contribution is -0.268. The van der Waals surface area contributed by atoms with Gasteiger partial charge < -0.3 is 37.9 Å². The highest BCUT2D eigenvalue weighted by atomic mass is 35.5. The van der Waals surface area contributed by atoms with E-state index in [9.17, 15) is 4.39 Å². The van der Waals surface area contributed by atoms with Gasteiger partial charge in [0.05, 0.1) is 33.0 Å². The zero-order valence-corrected chi connectivity index (χ0v) is 33.8. The Hall–Kier alpha value is -1.98. The van der Waals surface area contributed by atoms with E-state index < -0.39 is 30.1 Å². The first-order chi connectivity index (χ1) is 25.9. The zero-order valence-electron chi connectivity index (χ0n) is 33.0. The molecule has 0 aromatic heterocycles. The Kier molecular flexibility index (Phi) is 19.7. The molecule has 0 amide bonds. The first-order valence-corrected chi connectivity index (χ1v) is 20.8. The number of hydrogen-bond acceptors (Lipinski definition) is 8. The van der Waals surface area contributed by atoms with Crippen molar-refractivity contribution in [3.8, 4) is 11.5 Å². The van der Waals surface area contributed by atoms with Crippen LogP contribution in [0, 0.1) is 0 Å². The molecule has 0 spiro atoms. The predicted molar refractivity (Wildman–Crippen MR) is 209 cm³/mol. The third kappa shape index (κ3) is 13.6. The van der Waals surface area contributed by atoms with E-state index in [1.807, 2.05) is 25.1 Å². The van der Waals surface area contributed by atoms with E-state index in [1.54, 1.807) is 0 Å². The number of hydrogen-bond donors (Lipinski definition) is 0. The van der Waals surface area contributed by atoms with Crippen molar-refractivity contribution in [1.82, 2.24) is 0 Å². The normalized spacial score (nSPS) is 22.4. The zero-order chi connectivity index (χ0) is 37.9. The smallest absolute Gasteiger partial charge is 0.157 e. The van der Waals surface area contributed by atoms with E-state index >= 15 is 0 Å². The van der Waals surface area contributed by atoms with Gasteiger partial charge in [-0.1, -0.05) is 77.1 Å². The number of unbranched alkanes of at least 4 members (excludes halogenated alkanes) is 4. The van der Waals surface area contributed by atoms with Crippen LogP contribution in [0.25, 0.3) is 0 Å². The maximum atomic E-state index is 14.8. The highest BCUT2D eigenvalue weighted by Gasteiger charge is 2.49. The first-order valence-electron chi connectivity index (χ1n) is 20.4. The van der Waals surface area contributed by atoms with Crippen LogP contribution in [0.3, 0.4) is 0 Å². The van der Waals surface area contributed by atoms with Crippen molar-refractivity contribution in [2.75, 3.05) is 59.5 Å². The fourth-order valence-electron chi connectivity index (χ4n) is 6.64. The Labute approximate surface area is 323 Å². The summed E-state index contributed by atoms with van der Waals surface area (Å²) in [5.41, 5.74) is 1.58. The van der Waals surface area contributed by atoms with Gasteiger partial charge in [0.1, 0.15) is 42.0 Å². The summed E-state index contributed by atoms with van der Waals surface area (Å²) in [4.78, 5) is 0. The molecule has 2 fully saturated rings. The van der Waals surface area contributed by atoms with Gasteiger partial charge in [0.2, 0.25) is 0 Å². The van der Waals surface area contributed by atoms with Crippen LogP contribution >= 0.6 is 11.6 Å². The molecule has 8 nitrogen and oxygen atoms in total. The van der Waals surface area contributed by atoms with Crippen molar-refractivity contribution in [1.29, 1.82) is 0 Å². The maximum absolute atomic E-state index is 14.8. The molecule has 0 bridgehead atoms. The monoisotopic (exact) mass is 764 g/mol. The number of rotatable bonds is 27. The standard InChI is InChI=1S/C43H66ClFO8/c1-6-11-21-46-29-38-40(50-22-12-7-2)42(52-24-14-9-4)41(51-23-13-8-3)39(53-38)35-27-33(26-32-16-18-34(19-17-32)48-10-5)36(44)28-37(35)49-25-15-20-43(45)30-47-31-43/h16-19,27-28,38-42H,6-15,20-26,29-31H2,1-5H3/t38-,39+,40-,41+,42+/m1/s1. The lowest BCUT2D eigenvalue weighted by Crippen LogP contribution is -2.58. The molecular formula is C43H66ClFO8. The predicted octanol–water partition coefficient (Wildman–Crippen LogP) is 10.0. The van der Waals surface area contributed by atoms with Crippen molar-refractivity contribution in [2.24, 2.45) is 0 Å². The van der Waals surface area contributed by atoms with E-state index in [1.165, 1.54) is 0 Å². The van der Waals surface area contributed by atoms with Crippen molar-refractivity contribution in [2.45, 2.75) is 141 Å². The van der Waals surface area contributed by atoms with Gasteiger partial charge in [-0.15, -0.1) is 0 Å². The summed E-state index contributed by atoms with van der Waals surface area (Å²) in [7, 11) is 0. The van der Waals surface area contributed by atoms with Gasteiger partial charge in [0, 0.05) is 37.0 Å². The summed E-state index contributed by atoms with van der Waals surface area (Å²) < 4.78 is 65.7. The highest BCUT2D eigenvalue weighted by molar-refractivity contribution is 6.31. The molecule has 2 aromatic carbocycles. The molecular weight excluding hydrogens is 699 g/mol. The molecule has 2 aliphatic rings. The largest absolute Gasteiger partial charge is 0.494 e. The van der Waals surface area contributed by atoms with E-state index in [0.717, 1.165) is 73.8 Å². The molecule has 0 aliphatic carbocycles. The third-order valence-electron chi connectivity index (χ3n) is 9.85. The average molecular weight is 765 g/mol. The van der Waals surface area contributed by atoms with Crippen molar-refractivity contribution in [3.05, 3.63) is 58.1 Å². The van der Waals surface area contributed by atoms with Crippen molar-refractivity contribution >= 4 is 11.6 Å². The van der Waals surface area contributed by atoms with Gasteiger partial charge in [-0.2, -0.15) is 0 Å². The van der Waals surface area contributed by atoms with Gasteiger partial charge in [-0.05, 0) is 87.3 Å². The number of benzene rings is 2. The number of halogens is 2. The Morgan fingerprint density at radius 3 is 1.96 bits per heavy atom. The summed E-state index contributed by atoms with van der Waals surface area (Å²) in [6.07, 6.45) is 7.04. The molecule has 10 heteroatoms. The Balaban J connectivity index is 1.75. The SMILES string of the molecule is CCCCOC[C@H]1O[C@@H](c2cc(Cc3ccc(OCC)cc3)c(Cl)cc2OCCCC2(F)COC2)[C@H](OCCCC)[C@@H](OCCCC)[C@@H]1OCCCC. The Morgan fingerprint density at radius 1 is 0.736 bits per heavy atom. The highest BCUT2D eigenvalue weighted by Crippen LogP contribution is 2.43. The van der Waals surface area contributed by atoms with Crippen LogP contribution in [0.1, 0.15) is 122 Å². The third-order valence-corrected chi connectivity index (χ3v) is 10.2. The van der Waals surface area contributed by atoms with Gasteiger partial charge in [-0.3, -0.25) is 0 Å². The molecule has 2 aromatic rings. The Bertz CT molecular complexity index is 1290. The average Bonchev–Trinajstić information content (AvgIpc) is 3.14. The van der Waals surface area contributed by atoms with Crippen LogP contribution < -0.4 is 9.47 Å². The first kappa shape index (κ1) is 43.7. The van der Waals surface area contributed by atoms with Crippen LogP contribution in [-0.2, 0) is 34.8 Å². The molecule has 2 heterocycles. The minimum Gasteiger partial charge on any atom is -0.494 e. The van der Waals surface area contributed by atoms with E-state index in [0.29, 0.717) is 76.3 Å². The fraction of sp³-hybridized carbons (Fsp3) is 0.721. The molecule has 4 rings (SSSR count). The minimum absolute atomic E-state index is 0.139. The lowest BCUT2D eigenvalue weighted by atomic mass is 9.88. The molecule has 2 saturated heterocycles. The second kappa shape index (κ2) is 23.8. The number of alkyl halides is 1. The van der Waals surface area contributed by atoms with Gasteiger partial charge in [-0.25, -0.2) is 4.39 Å².